The lowest BCUT2D eigenvalue weighted by atomic mass is 9.97. The molecule has 1 aromatic carbocycles. The molecule has 8 amide bonds. The molecule has 0 spiro atoms. The Morgan fingerprint density at radius 2 is 0.972 bits per heavy atom. The Kier molecular flexibility index (Phi) is 28.0. The zero-order valence-electron chi connectivity index (χ0n) is 43.0. The van der Waals surface area contributed by atoms with Gasteiger partial charge in [-0.25, -0.2) is 4.79 Å². The lowest BCUT2D eigenvalue weighted by molar-refractivity contribution is -0.144. The smallest absolute Gasteiger partial charge is 0.326 e. The first kappa shape index (κ1) is 62.7. The molecule has 0 aliphatic heterocycles. The number of aliphatic carboxylic acids is 1. The van der Waals surface area contributed by atoms with E-state index in [9.17, 15) is 53.4 Å². The lowest BCUT2D eigenvalue weighted by Crippen LogP contribution is -2.60. The minimum atomic E-state index is -1.64. The highest BCUT2D eigenvalue weighted by molar-refractivity contribution is 5.98. The molecule has 0 unspecified atom stereocenters. The third-order valence-corrected chi connectivity index (χ3v) is 11.8. The molecular weight excluding hydrogens is 921 g/mol. The number of nitrogens with zero attached hydrogens (tertiary/aromatic N) is 1. The highest BCUT2D eigenvalue weighted by Crippen LogP contribution is 2.13. The standard InChI is InChI=1S/C48H82N12O11/c1-11-27(7)37(49)46(69)58-35(23-31-17-14-13-15-18-31)43(66)57-33(21-25(3)4)42(65)53-29(9)39(62)55-32(19-16-20-52-48(50)51)41(64)59-36(24-61)45(68)54-30(10)40(63)56-34(22-26(5)6)44(67)60-38(47(70)71)28(8)12-2/h13-15,17-18,25-30,32-38,61H,11-12,16,19-24,49H2,1-10H3,(H,53,65)(H,54,68)(H,55,62)(H,56,63)(H,57,66)(H,58,69)(H,59,64)(H,60,67)(H,70,71)(H4,50,51,52)/t27-,28-,29-,30-,32-,33-,34-,35-,36-,37-,38-/m0/s1. The van der Waals surface area contributed by atoms with E-state index in [4.69, 9.17) is 17.2 Å². The fourth-order valence-electron chi connectivity index (χ4n) is 7.05. The van der Waals surface area contributed by atoms with Crippen molar-refractivity contribution in [2.45, 2.75) is 169 Å². The zero-order chi connectivity index (χ0) is 54.1. The van der Waals surface area contributed by atoms with Crippen molar-refractivity contribution in [1.29, 1.82) is 0 Å². The fraction of sp³-hybridized carbons (Fsp3) is 0.667. The van der Waals surface area contributed by atoms with Gasteiger partial charge in [0.25, 0.3) is 0 Å². The van der Waals surface area contributed by atoms with Gasteiger partial charge in [-0.05, 0) is 68.8 Å². The molecule has 23 heteroatoms. The van der Waals surface area contributed by atoms with Crippen LogP contribution in [0.3, 0.4) is 0 Å². The zero-order valence-corrected chi connectivity index (χ0v) is 43.0. The molecule has 400 valence electrons. The van der Waals surface area contributed by atoms with Crippen LogP contribution >= 0.6 is 0 Å². The van der Waals surface area contributed by atoms with E-state index in [1.165, 1.54) is 13.8 Å². The number of carboxylic acids is 1. The van der Waals surface area contributed by atoms with Crippen molar-refractivity contribution in [2.75, 3.05) is 13.2 Å². The first-order valence-corrected chi connectivity index (χ1v) is 24.4. The number of carboxylic acid groups (broad SMARTS) is 1. The van der Waals surface area contributed by atoms with Gasteiger partial charge in [-0.1, -0.05) is 98.6 Å². The predicted molar refractivity (Wildman–Crippen MR) is 267 cm³/mol. The van der Waals surface area contributed by atoms with Gasteiger partial charge < -0.3 is 69.9 Å². The molecule has 0 radical (unpaired) electrons. The molecule has 0 aliphatic rings. The van der Waals surface area contributed by atoms with E-state index in [2.05, 4.69) is 47.5 Å². The number of nitrogens with two attached hydrogens (primary N) is 3. The topological polar surface area (TPSA) is 381 Å². The number of hydrogen-bond acceptors (Lipinski definition) is 12. The van der Waals surface area contributed by atoms with Crippen LogP contribution in [-0.2, 0) is 49.6 Å². The van der Waals surface area contributed by atoms with Crippen LogP contribution in [-0.4, -0.2) is 137 Å². The fourth-order valence-corrected chi connectivity index (χ4v) is 7.05. The van der Waals surface area contributed by atoms with Crippen LogP contribution in [0.15, 0.2) is 35.3 Å². The number of guanidine groups is 1. The van der Waals surface area contributed by atoms with Crippen molar-refractivity contribution in [3.8, 4) is 0 Å². The van der Waals surface area contributed by atoms with Gasteiger partial charge in [0.15, 0.2) is 5.96 Å². The first-order valence-electron chi connectivity index (χ1n) is 24.4. The molecule has 16 N–H and O–H groups in total. The van der Waals surface area contributed by atoms with E-state index in [-0.39, 0.29) is 62.4 Å². The summed E-state index contributed by atoms with van der Waals surface area (Å²) in [6, 6.07) is -2.20. The van der Waals surface area contributed by atoms with Crippen LogP contribution in [0.1, 0.15) is 113 Å². The largest absolute Gasteiger partial charge is 0.480 e. The number of nitrogens with one attached hydrogen (secondary N) is 8. The van der Waals surface area contributed by atoms with Crippen LogP contribution < -0.4 is 59.7 Å². The van der Waals surface area contributed by atoms with E-state index in [1.54, 1.807) is 58.0 Å². The van der Waals surface area contributed by atoms with Crippen molar-refractivity contribution in [2.24, 2.45) is 45.9 Å². The summed E-state index contributed by atoms with van der Waals surface area (Å²) in [5, 5.41) is 40.3. The molecule has 0 heterocycles. The van der Waals surface area contributed by atoms with Gasteiger partial charge in [-0.15, -0.1) is 0 Å². The van der Waals surface area contributed by atoms with E-state index >= 15 is 0 Å². The van der Waals surface area contributed by atoms with Crippen LogP contribution in [0.4, 0.5) is 0 Å². The normalized spacial score (nSPS) is 15.9. The Hall–Kier alpha value is -6.36. The Balaban J connectivity index is 3.24. The summed E-state index contributed by atoms with van der Waals surface area (Å²) in [6.07, 6.45) is 1.52. The molecule has 0 saturated heterocycles. The molecule has 0 saturated carbocycles. The lowest BCUT2D eigenvalue weighted by Gasteiger charge is -2.27. The first-order chi connectivity index (χ1) is 33.3. The number of hydrogen-bond donors (Lipinski definition) is 13. The van der Waals surface area contributed by atoms with Crippen molar-refractivity contribution in [1.82, 2.24) is 42.5 Å². The summed E-state index contributed by atoms with van der Waals surface area (Å²) in [7, 11) is 0. The molecule has 0 bridgehead atoms. The minimum absolute atomic E-state index is 0.0428. The molecule has 71 heavy (non-hydrogen) atoms. The number of benzene rings is 1. The Morgan fingerprint density at radius 1 is 0.549 bits per heavy atom. The molecule has 0 aliphatic carbocycles. The van der Waals surface area contributed by atoms with Crippen LogP contribution in [0, 0.1) is 23.7 Å². The van der Waals surface area contributed by atoms with E-state index in [1.807, 2.05) is 27.7 Å². The highest BCUT2D eigenvalue weighted by atomic mass is 16.4. The summed E-state index contributed by atoms with van der Waals surface area (Å²) in [5.74, 6) is -8.49. The molecule has 0 fully saturated rings. The molecule has 0 aromatic heterocycles. The number of aliphatic hydroxyl groups is 1. The average molecular weight is 1000 g/mol. The highest BCUT2D eigenvalue weighted by Gasteiger charge is 2.35. The van der Waals surface area contributed by atoms with Gasteiger partial charge in [0.1, 0.15) is 48.3 Å². The number of carbonyl (C=O) groups is 9. The molecule has 23 nitrogen and oxygen atoms in total. The number of aliphatic hydroxyl groups excluding tert-OH is 1. The quantitative estimate of drug-likeness (QED) is 0.0229. The van der Waals surface area contributed by atoms with Gasteiger partial charge >= 0.3 is 5.97 Å². The Labute approximate surface area is 417 Å². The summed E-state index contributed by atoms with van der Waals surface area (Å²) in [6.45, 7) is 16.2. The van der Waals surface area contributed by atoms with Crippen molar-refractivity contribution in [3.63, 3.8) is 0 Å². The van der Waals surface area contributed by atoms with E-state index in [0.717, 1.165) is 5.56 Å². The summed E-state index contributed by atoms with van der Waals surface area (Å²) in [5.41, 5.74) is 17.8. The summed E-state index contributed by atoms with van der Waals surface area (Å²) < 4.78 is 0. The molecule has 1 rings (SSSR count). The number of amides is 8. The second-order valence-electron chi connectivity index (χ2n) is 19.0. The number of rotatable bonds is 32. The average Bonchev–Trinajstić information content (AvgIpc) is 3.31. The SMILES string of the molecule is CC[C@H](C)[C@H](N)C(=O)N[C@@H](Cc1ccccc1)C(=O)N[C@@H](CC(C)C)C(=O)N[C@@H](C)C(=O)N[C@@H](CCCN=C(N)N)C(=O)N[C@@H](CO)C(=O)N[C@@H](C)C(=O)N[C@@H](CC(C)C)C(=O)N[C@H](C(=O)O)[C@@H](C)CC. The molecular formula is C48H82N12O11. The molecule has 11 atom stereocenters. The maximum atomic E-state index is 13.9. The molecule has 1 aromatic rings. The van der Waals surface area contributed by atoms with Gasteiger partial charge in [0, 0.05) is 13.0 Å². The third kappa shape index (κ3) is 23.0. The Bertz CT molecular complexity index is 1950. The van der Waals surface area contributed by atoms with Crippen molar-refractivity contribution < 1.29 is 53.4 Å². The van der Waals surface area contributed by atoms with E-state index in [0.29, 0.717) is 12.8 Å². The van der Waals surface area contributed by atoms with E-state index < -0.39 is 120 Å². The third-order valence-electron chi connectivity index (χ3n) is 11.8. The van der Waals surface area contributed by atoms with Crippen molar-refractivity contribution in [3.05, 3.63) is 35.9 Å². The van der Waals surface area contributed by atoms with Crippen LogP contribution in [0.5, 0.6) is 0 Å². The summed E-state index contributed by atoms with van der Waals surface area (Å²) in [4.78, 5) is 124. The number of carbonyl (C=O) groups excluding carboxylic acids is 8. The van der Waals surface area contributed by atoms with Crippen molar-refractivity contribution >= 4 is 59.2 Å². The van der Waals surface area contributed by atoms with Gasteiger partial charge in [-0.2, -0.15) is 0 Å². The summed E-state index contributed by atoms with van der Waals surface area (Å²) >= 11 is 0. The van der Waals surface area contributed by atoms with Gasteiger partial charge in [0.05, 0.1) is 12.6 Å². The predicted octanol–water partition coefficient (Wildman–Crippen LogP) is -1.21. The Morgan fingerprint density at radius 3 is 1.44 bits per heavy atom. The van der Waals surface area contributed by atoms with Gasteiger partial charge in [-0.3, -0.25) is 43.3 Å². The monoisotopic (exact) mass is 1000 g/mol. The number of aliphatic imine (C=N–C) groups is 1. The maximum absolute atomic E-state index is 13.9. The second-order valence-corrected chi connectivity index (χ2v) is 19.0. The van der Waals surface area contributed by atoms with Crippen LogP contribution in [0.2, 0.25) is 0 Å². The van der Waals surface area contributed by atoms with Gasteiger partial charge in [0.2, 0.25) is 47.3 Å². The maximum Gasteiger partial charge on any atom is 0.326 e. The van der Waals surface area contributed by atoms with Crippen LogP contribution in [0.25, 0.3) is 0 Å². The minimum Gasteiger partial charge on any atom is -0.480 e. The second kappa shape index (κ2) is 31.8.